The van der Waals surface area contributed by atoms with Gasteiger partial charge in [-0.05, 0) is 31.4 Å². The van der Waals surface area contributed by atoms with Gasteiger partial charge in [0.1, 0.15) is 0 Å². The molecule has 0 aromatic carbocycles. The number of guanidine groups is 1. The van der Waals surface area contributed by atoms with E-state index < -0.39 is 0 Å². The Hall–Kier alpha value is -0.890. The second kappa shape index (κ2) is 14.7. The molecule has 0 saturated carbocycles. The molecule has 0 unspecified atom stereocenters. The first kappa shape index (κ1) is 22.1. The fourth-order valence-corrected chi connectivity index (χ4v) is 1.84. The van der Waals surface area contributed by atoms with E-state index in [1.165, 1.54) is 0 Å². The van der Waals surface area contributed by atoms with E-state index in [2.05, 4.69) is 41.4 Å². The average molecular weight is 434 g/mol. The lowest BCUT2D eigenvalue weighted by Crippen LogP contribution is -2.38. The summed E-state index contributed by atoms with van der Waals surface area (Å²) in [6.07, 6.45) is 3.81. The number of hydrogen-bond donors (Lipinski definition) is 2. The van der Waals surface area contributed by atoms with Crippen molar-refractivity contribution in [2.45, 2.75) is 33.6 Å². The van der Waals surface area contributed by atoms with Gasteiger partial charge in [0, 0.05) is 38.0 Å². The van der Waals surface area contributed by atoms with Crippen molar-refractivity contribution in [1.29, 1.82) is 0 Å². The Kier molecular flexibility index (Phi) is 14.1. The van der Waals surface area contributed by atoms with Crippen LogP contribution < -0.4 is 10.6 Å². The number of hydrogen-bond acceptors (Lipinski definition) is 3. The van der Waals surface area contributed by atoms with Gasteiger partial charge in [-0.25, -0.2) is 0 Å². The van der Waals surface area contributed by atoms with Crippen LogP contribution >= 0.6 is 24.0 Å². The molecule has 6 heteroatoms. The van der Waals surface area contributed by atoms with Crippen LogP contribution in [0.15, 0.2) is 29.4 Å². The van der Waals surface area contributed by atoms with E-state index in [0.29, 0.717) is 19.1 Å². The van der Waals surface area contributed by atoms with Gasteiger partial charge in [0.05, 0.1) is 13.2 Å². The summed E-state index contributed by atoms with van der Waals surface area (Å²) in [6.45, 7) is 10.3. The van der Waals surface area contributed by atoms with Crippen LogP contribution in [0, 0.1) is 5.92 Å². The molecule has 0 aliphatic carbocycles. The van der Waals surface area contributed by atoms with Crippen LogP contribution in [0.4, 0.5) is 0 Å². The van der Waals surface area contributed by atoms with E-state index in [0.717, 1.165) is 44.2 Å². The summed E-state index contributed by atoms with van der Waals surface area (Å²) >= 11 is 0. The zero-order valence-corrected chi connectivity index (χ0v) is 16.9. The number of pyridine rings is 1. The predicted molar refractivity (Wildman–Crippen MR) is 108 cm³/mol. The number of aromatic nitrogens is 1. The van der Waals surface area contributed by atoms with Crippen molar-refractivity contribution in [3.8, 4) is 0 Å². The van der Waals surface area contributed by atoms with Crippen LogP contribution in [0.5, 0.6) is 0 Å². The lowest BCUT2D eigenvalue weighted by atomic mass is 10.1. The normalized spacial score (nSPS) is 11.2. The van der Waals surface area contributed by atoms with E-state index >= 15 is 0 Å². The minimum absolute atomic E-state index is 0. The van der Waals surface area contributed by atoms with Gasteiger partial charge in [0.15, 0.2) is 5.96 Å². The fourth-order valence-electron chi connectivity index (χ4n) is 1.84. The molecule has 1 rings (SSSR count). The standard InChI is InChI=1S/C17H30N4O.HI/c1-4-18-17(21-12-14-22-13-9-15(2)3)20-11-8-16-7-5-6-10-19-16;/h5-7,10,15H,4,8-9,11-14H2,1-3H3,(H2,18,20,21);1H. The van der Waals surface area contributed by atoms with Crippen LogP contribution in [0.3, 0.4) is 0 Å². The second-order valence-corrected chi connectivity index (χ2v) is 5.55. The summed E-state index contributed by atoms with van der Waals surface area (Å²) in [6, 6.07) is 5.98. The van der Waals surface area contributed by atoms with Gasteiger partial charge in [-0.1, -0.05) is 19.9 Å². The SMILES string of the molecule is CCNC(=NCCOCCC(C)C)NCCc1ccccn1.I. The Balaban J connectivity index is 0.00000484. The molecule has 0 radical (unpaired) electrons. The Morgan fingerprint density at radius 2 is 2.09 bits per heavy atom. The van der Waals surface area contributed by atoms with Crippen molar-refractivity contribution in [3.63, 3.8) is 0 Å². The zero-order chi connectivity index (χ0) is 16.0. The minimum Gasteiger partial charge on any atom is -0.380 e. The molecule has 1 aromatic rings. The third-order valence-electron chi connectivity index (χ3n) is 3.09. The van der Waals surface area contributed by atoms with Gasteiger partial charge in [-0.15, -0.1) is 24.0 Å². The van der Waals surface area contributed by atoms with E-state index in [4.69, 9.17) is 4.74 Å². The highest BCUT2D eigenvalue weighted by atomic mass is 127. The Morgan fingerprint density at radius 1 is 1.26 bits per heavy atom. The zero-order valence-electron chi connectivity index (χ0n) is 14.5. The Morgan fingerprint density at radius 3 is 2.74 bits per heavy atom. The van der Waals surface area contributed by atoms with Gasteiger partial charge in [-0.3, -0.25) is 9.98 Å². The van der Waals surface area contributed by atoms with Crippen molar-refractivity contribution < 1.29 is 4.74 Å². The van der Waals surface area contributed by atoms with Crippen molar-refractivity contribution in [2.75, 3.05) is 32.8 Å². The molecule has 0 amide bonds. The maximum absolute atomic E-state index is 5.57. The second-order valence-electron chi connectivity index (χ2n) is 5.55. The summed E-state index contributed by atoms with van der Waals surface area (Å²) in [7, 11) is 0. The molecule has 5 nitrogen and oxygen atoms in total. The van der Waals surface area contributed by atoms with Crippen LogP contribution in [0.2, 0.25) is 0 Å². The Bertz CT molecular complexity index is 412. The number of nitrogens with zero attached hydrogens (tertiary/aromatic N) is 2. The van der Waals surface area contributed by atoms with E-state index in [9.17, 15) is 0 Å². The number of ether oxygens (including phenoxy) is 1. The maximum atomic E-state index is 5.57. The molecule has 23 heavy (non-hydrogen) atoms. The van der Waals surface area contributed by atoms with Gasteiger partial charge in [-0.2, -0.15) is 0 Å². The van der Waals surface area contributed by atoms with Crippen LogP contribution in [-0.4, -0.2) is 43.8 Å². The third kappa shape index (κ3) is 12.2. The van der Waals surface area contributed by atoms with Crippen molar-refractivity contribution in [3.05, 3.63) is 30.1 Å². The smallest absolute Gasteiger partial charge is 0.191 e. The number of nitrogens with one attached hydrogen (secondary N) is 2. The molecular weight excluding hydrogens is 403 g/mol. The average Bonchev–Trinajstić information content (AvgIpc) is 2.51. The lowest BCUT2D eigenvalue weighted by Gasteiger charge is -2.11. The van der Waals surface area contributed by atoms with E-state index in [1.807, 2.05) is 24.4 Å². The lowest BCUT2D eigenvalue weighted by molar-refractivity contribution is 0.130. The van der Waals surface area contributed by atoms with Crippen LogP contribution in [0.1, 0.15) is 32.9 Å². The molecule has 2 N–H and O–H groups in total. The van der Waals surface area contributed by atoms with Gasteiger partial charge < -0.3 is 15.4 Å². The summed E-state index contributed by atoms with van der Waals surface area (Å²) in [5, 5.41) is 6.56. The highest BCUT2D eigenvalue weighted by Gasteiger charge is 1.98. The first-order valence-electron chi connectivity index (χ1n) is 8.22. The van der Waals surface area contributed by atoms with Gasteiger partial charge >= 0.3 is 0 Å². The predicted octanol–water partition coefficient (Wildman–Crippen LogP) is 2.86. The summed E-state index contributed by atoms with van der Waals surface area (Å²) in [5.74, 6) is 1.53. The van der Waals surface area contributed by atoms with E-state index in [1.54, 1.807) is 0 Å². The summed E-state index contributed by atoms with van der Waals surface area (Å²) in [4.78, 5) is 8.82. The van der Waals surface area contributed by atoms with Gasteiger partial charge in [0.25, 0.3) is 0 Å². The first-order valence-corrected chi connectivity index (χ1v) is 8.22. The first-order chi connectivity index (χ1) is 10.7. The number of aliphatic imine (C=N–C) groups is 1. The molecule has 1 aromatic heterocycles. The summed E-state index contributed by atoms with van der Waals surface area (Å²) < 4.78 is 5.57. The van der Waals surface area contributed by atoms with Crippen molar-refractivity contribution in [2.24, 2.45) is 10.9 Å². The maximum Gasteiger partial charge on any atom is 0.191 e. The molecule has 0 spiro atoms. The molecule has 0 bridgehead atoms. The van der Waals surface area contributed by atoms with E-state index in [-0.39, 0.29) is 24.0 Å². The molecule has 0 saturated heterocycles. The quantitative estimate of drug-likeness (QED) is 0.257. The molecule has 0 fully saturated rings. The molecule has 0 aliphatic rings. The highest BCUT2D eigenvalue weighted by molar-refractivity contribution is 14.0. The monoisotopic (exact) mass is 434 g/mol. The topological polar surface area (TPSA) is 58.5 Å². The number of rotatable bonds is 10. The number of halogens is 1. The third-order valence-corrected chi connectivity index (χ3v) is 3.09. The van der Waals surface area contributed by atoms with Crippen LogP contribution in [0.25, 0.3) is 0 Å². The summed E-state index contributed by atoms with van der Waals surface area (Å²) in [5.41, 5.74) is 1.09. The Labute approximate surface area is 157 Å². The fraction of sp³-hybridized carbons (Fsp3) is 0.647. The van der Waals surface area contributed by atoms with Crippen molar-refractivity contribution in [1.82, 2.24) is 15.6 Å². The highest BCUT2D eigenvalue weighted by Crippen LogP contribution is 1.98. The van der Waals surface area contributed by atoms with Crippen molar-refractivity contribution >= 4 is 29.9 Å². The molecule has 0 atom stereocenters. The van der Waals surface area contributed by atoms with Crippen LogP contribution in [-0.2, 0) is 11.2 Å². The molecule has 0 aliphatic heterocycles. The minimum atomic E-state index is 0. The largest absolute Gasteiger partial charge is 0.380 e. The van der Waals surface area contributed by atoms with Gasteiger partial charge in [0.2, 0.25) is 0 Å². The molecule has 132 valence electrons. The molecule has 1 heterocycles. The molecular formula is C17H31IN4O.